The number of ether oxygens (including phenoxy) is 3. The molecule has 5 aromatic rings. The van der Waals surface area contributed by atoms with Crippen LogP contribution in [0, 0.1) is 0 Å². The van der Waals surface area contributed by atoms with Gasteiger partial charge in [-0.25, -0.2) is 9.97 Å². The smallest absolute Gasteiger partial charge is 0.132 e. The van der Waals surface area contributed by atoms with E-state index in [1.54, 1.807) is 12.1 Å². The Bertz CT molecular complexity index is 1400. The quantitative estimate of drug-likeness (QED) is 0.272. The number of aromatic amines is 1. The minimum Gasteiger partial charge on any atom is -0.490 e. The molecule has 3 heterocycles. The van der Waals surface area contributed by atoms with Crippen LogP contribution in [-0.2, 0) is 17.9 Å². The van der Waals surface area contributed by atoms with Gasteiger partial charge in [-0.2, -0.15) is 0 Å². The van der Waals surface area contributed by atoms with E-state index in [1.807, 2.05) is 59.4 Å². The summed E-state index contributed by atoms with van der Waals surface area (Å²) in [5, 5.41) is 5.12. The number of H-pyrrole nitrogens is 1. The van der Waals surface area contributed by atoms with E-state index in [-0.39, 0.29) is 0 Å². The maximum absolute atomic E-state index is 5.95. The van der Waals surface area contributed by atoms with Crippen molar-refractivity contribution < 1.29 is 14.2 Å². The normalized spacial score (nSPS) is 11.3. The highest BCUT2D eigenvalue weighted by molar-refractivity contribution is 5.87. The summed E-state index contributed by atoms with van der Waals surface area (Å²) >= 11 is 0. The summed E-state index contributed by atoms with van der Waals surface area (Å²) in [6.07, 6.45) is 2.00. The minimum atomic E-state index is 0.418. The lowest BCUT2D eigenvalue weighted by Crippen LogP contribution is -2.19. The average molecular weight is 459 g/mol. The van der Waals surface area contributed by atoms with Crippen molar-refractivity contribution in [1.82, 2.24) is 19.7 Å². The van der Waals surface area contributed by atoms with Crippen molar-refractivity contribution in [2.45, 2.75) is 13.2 Å². The lowest BCUT2D eigenvalue weighted by Gasteiger charge is -2.17. The van der Waals surface area contributed by atoms with Gasteiger partial charge in [0, 0.05) is 29.1 Å². The van der Waals surface area contributed by atoms with Gasteiger partial charge in [0.2, 0.25) is 0 Å². The molecule has 0 amide bonds. The summed E-state index contributed by atoms with van der Waals surface area (Å²) in [5.41, 5.74) is 14.4. The largest absolute Gasteiger partial charge is 0.490 e. The molecule has 3 aromatic heterocycles. The van der Waals surface area contributed by atoms with Crippen LogP contribution in [0.3, 0.4) is 0 Å². The van der Waals surface area contributed by atoms with Crippen LogP contribution in [0.4, 0.5) is 11.6 Å². The Morgan fingerprint density at radius 2 is 1.35 bits per heavy atom. The highest BCUT2D eigenvalue weighted by Gasteiger charge is 2.08. The molecule has 2 aromatic carbocycles. The summed E-state index contributed by atoms with van der Waals surface area (Å²) in [5.74, 6) is 2.31. The third-order valence-electron chi connectivity index (χ3n) is 5.34. The maximum Gasteiger partial charge on any atom is 0.132 e. The zero-order chi connectivity index (χ0) is 23.3. The van der Waals surface area contributed by atoms with Gasteiger partial charge in [-0.1, -0.05) is 24.3 Å². The highest BCUT2D eigenvalue weighted by atomic mass is 16.5. The number of aromatic nitrogens is 4. The summed E-state index contributed by atoms with van der Waals surface area (Å²) < 4.78 is 19.5. The molecule has 0 unspecified atom stereocenters. The van der Waals surface area contributed by atoms with E-state index in [2.05, 4.69) is 15.1 Å². The fourth-order valence-corrected chi connectivity index (χ4v) is 3.75. The van der Waals surface area contributed by atoms with Crippen molar-refractivity contribution in [3.63, 3.8) is 0 Å². The highest BCUT2D eigenvalue weighted by Crippen LogP contribution is 2.27. The SMILES string of the molecule is Nc1cc(OCCOCCn2cc(COc3cc(N)nc4ccccc34)[nH]2)c2ccccc2n1. The Kier molecular flexibility index (Phi) is 6.17. The van der Waals surface area contributed by atoms with E-state index in [0.29, 0.717) is 50.4 Å². The van der Waals surface area contributed by atoms with E-state index in [9.17, 15) is 0 Å². The molecule has 0 aliphatic heterocycles. The monoisotopic (exact) mass is 458 g/mol. The molecular weight excluding hydrogens is 432 g/mol. The molecule has 34 heavy (non-hydrogen) atoms. The first kappa shape index (κ1) is 21.6. The summed E-state index contributed by atoms with van der Waals surface area (Å²) in [6.45, 7) is 2.59. The predicted molar refractivity (Wildman–Crippen MR) is 132 cm³/mol. The zero-order valence-electron chi connectivity index (χ0n) is 18.6. The van der Waals surface area contributed by atoms with Crippen LogP contribution in [-0.4, -0.2) is 39.6 Å². The second kappa shape index (κ2) is 9.72. The molecule has 0 atom stereocenters. The van der Waals surface area contributed by atoms with Crippen LogP contribution in [0.5, 0.6) is 11.5 Å². The fraction of sp³-hybridized carbons (Fsp3) is 0.200. The van der Waals surface area contributed by atoms with Gasteiger partial charge >= 0.3 is 0 Å². The molecule has 5 rings (SSSR count). The van der Waals surface area contributed by atoms with Crippen LogP contribution in [0.25, 0.3) is 21.8 Å². The van der Waals surface area contributed by atoms with E-state index in [0.717, 1.165) is 33.2 Å². The van der Waals surface area contributed by atoms with Crippen molar-refractivity contribution in [2.24, 2.45) is 0 Å². The number of benzene rings is 2. The van der Waals surface area contributed by atoms with Crippen LogP contribution >= 0.6 is 0 Å². The second-order valence-electron chi connectivity index (χ2n) is 7.83. The number of rotatable bonds is 10. The summed E-state index contributed by atoms with van der Waals surface area (Å²) in [6, 6.07) is 19.0. The first-order chi connectivity index (χ1) is 16.7. The van der Waals surface area contributed by atoms with Gasteiger partial charge in [-0.05, 0) is 24.3 Å². The molecule has 0 saturated heterocycles. The molecule has 0 saturated carbocycles. The molecule has 9 nitrogen and oxygen atoms in total. The van der Waals surface area contributed by atoms with E-state index < -0.39 is 0 Å². The first-order valence-corrected chi connectivity index (χ1v) is 11.0. The zero-order valence-corrected chi connectivity index (χ0v) is 18.6. The number of fused-ring (bicyclic) bond motifs is 2. The molecule has 0 spiro atoms. The molecule has 0 fully saturated rings. The van der Waals surface area contributed by atoms with Crippen LogP contribution in [0.2, 0.25) is 0 Å². The second-order valence-corrected chi connectivity index (χ2v) is 7.83. The minimum absolute atomic E-state index is 0.418. The number of nitrogen functional groups attached to an aromatic ring is 2. The van der Waals surface area contributed by atoms with Crippen molar-refractivity contribution in [2.75, 3.05) is 31.3 Å². The van der Waals surface area contributed by atoms with E-state index in [1.165, 1.54) is 0 Å². The Morgan fingerprint density at radius 1 is 0.765 bits per heavy atom. The molecule has 5 N–H and O–H groups in total. The standard InChI is InChI=1S/C25H26N6O3/c26-24-13-22(18-5-1-3-7-20(18)28-24)33-12-11-32-10-9-31-15-17(30-31)16-34-23-14-25(27)29-21-8-4-2-6-19(21)23/h1-8,13-15,30H,9-12,16H2,(H2,26,28)(H2,27,29). The van der Waals surface area contributed by atoms with Crippen molar-refractivity contribution in [3.8, 4) is 11.5 Å². The molecule has 174 valence electrons. The van der Waals surface area contributed by atoms with E-state index >= 15 is 0 Å². The number of nitrogens with two attached hydrogens (primary N) is 2. The van der Waals surface area contributed by atoms with Crippen LogP contribution in [0.15, 0.2) is 66.9 Å². The van der Waals surface area contributed by atoms with Crippen molar-refractivity contribution >= 4 is 33.4 Å². The van der Waals surface area contributed by atoms with Crippen molar-refractivity contribution in [3.05, 3.63) is 72.6 Å². The molecule has 0 aliphatic carbocycles. The summed E-state index contributed by atoms with van der Waals surface area (Å²) in [7, 11) is 0. The number of nitrogens with one attached hydrogen (secondary N) is 1. The topological polar surface area (TPSA) is 126 Å². The maximum atomic E-state index is 5.95. The van der Waals surface area contributed by atoms with Gasteiger partial charge in [0.1, 0.15) is 36.3 Å². The van der Waals surface area contributed by atoms with Gasteiger partial charge < -0.3 is 25.7 Å². The first-order valence-electron chi connectivity index (χ1n) is 11.0. The van der Waals surface area contributed by atoms with Crippen LogP contribution in [0.1, 0.15) is 5.69 Å². The number of hydrogen-bond donors (Lipinski definition) is 3. The number of para-hydroxylation sites is 2. The van der Waals surface area contributed by atoms with Gasteiger partial charge in [0.05, 0.1) is 36.5 Å². The number of nitrogens with zero attached hydrogens (tertiary/aromatic N) is 3. The van der Waals surface area contributed by atoms with Gasteiger partial charge in [0.25, 0.3) is 0 Å². The Labute approximate surface area is 196 Å². The lowest BCUT2D eigenvalue weighted by molar-refractivity contribution is 0.0915. The third-order valence-corrected chi connectivity index (χ3v) is 5.34. The average Bonchev–Trinajstić information content (AvgIpc) is 2.81. The number of pyridine rings is 2. The van der Waals surface area contributed by atoms with Gasteiger partial charge in [0.15, 0.2) is 0 Å². The van der Waals surface area contributed by atoms with Crippen molar-refractivity contribution in [1.29, 1.82) is 0 Å². The molecule has 0 aliphatic rings. The molecule has 0 radical (unpaired) electrons. The number of anilines is 2. The lowest BCUT2D eigenvalue weighted by atomic mass is 10.2. The number of hydrogen-bond acceptors (Lipinski definition) is 7. The molecule has 0 bridgehead atoms. The molecule has 9 heteroatoms. The Balaban J connectivity index is 1.04. The van der Waals surface area contributed by atoms with Gasteiger partial charge in [-0.3, -0.25) is 9.78 Å². The predicted octanol–water partition coefficient (Wildman–Crippen LogP) is 3.75. The van der Waals surface area contributed by atoms with Crippen LogP contribution < -0.4 is 20.9 Å². The fourth-order valence-electron chi connectivity index (χ4n) is 3.75. The Morgan fingerprint density at radius 3 is 2.00 bits per heavy atom. The van der Waals surface area contributed by atoms with E-state index in [4.69, 9.17) is 25.7 Å². The Hall–Kier alpha value is -4.24. The van der Waals surface area contributed by atoms with Gasteiger partial charge in [-0.15, -0.1) is 0 Å². The third kappa shape index (κ3) is 4.89. The summed E-state index contributed by atoms with van der Waals surface area (Å²) in [4.78, 5) is 8.64. The molecular formula is C25H26N6O3.